The Labute approximate surface area is 92.9 Å². The lowest BCUT2D eigenvalue weighted by atomic mass is 10.2. The molecule has 4 heteroatoms. The number of nitrogens with zero attached hydrogens (tertiary/aromatic N) is 3. The minimum atomic E-state index is 0.612. The van der Waals surface area contributed by atoms with Gasteiger partial charge in [-0.05, 0) is 30.4 Å². The standard InChI is InChI=1S/C12H11N3O/c16-8-10-3-4-13-6-12(10)15-7-11(5-14-15)9-1-2-9/h3-9H,1-2H2. The summed E-state index contributed by atoms with van der Waals surface area (Å²) in [5, 5.41) is 4.27. The van der Waals surface area contributed by atoms with Gasteiger partial charge in [-0.25, -0.2) is 4.68 Å². The second-order valence-electron chi connectivity index (χ2n) is 4.04. The summed E-state index contributed by atoms with van der Waals surface area (Å²) in [5.41, 5.74) is 2.60. The summed E-state index contributed by atoms with van der Waals surface area (Å²) >= 11 is 0. The van der Waals surface area contributed by atoms with Crippen molar-refractivity contribution in [1.82, 2.24) is 14.8 Å². The Balaban J connectivity index is 2.03. The predicted octanol–water partition coefficient (Wildman–Crippen LogP) is 1.96. The van der Waals surface area contributed by atoms with Crippen molar-refractivity contribution in [3.8, 4) is 5.69 Å². The monoisotopic (exact) mass is 213 g/mol. The van der Waals surface area contributed by atoms with Crippen LogP contribution in [0.4, 0.5) is 0 Å². The SMILES string of the molecule is O=Cc1ccncc1-n1cc(C2CC2)cn1. The van der Waals surface area contributed by atoms with E-state index in [1.807, 2.05) is 12.4 Å². The van der Waals surface area contributed by atoms with E-state index in [2.05, 4.69) is 10.1 Å². The number of carbonyl (C=O) groups is 1. The van der Waals surface area contributed by atoms with E-state index in [1.165, 1.54) is 18.4 Å². The van der Waals surface area contributed by atoms with Gasteiger partial charge in [0.15, 0.2) is 6.29 Å². The molecule has 0 aliphatic heterocycles. The lowest BCUT2D eigenvalue weighted by Crippen LogP contribution is -1.99. The zero-order chi connectivity index (χ0) is 11.0. The van der Waals surface area contributed by atoms with Gasteiger partial charge in [0, 0.05) is 18.0 Å². The van der Waals surface area contributed by atoms with Crippen molar-refractivity contribution in [2.24, 2.45) is 0 Å². The van der Waals surface area contributed by atoms with E-state index in [0.717, 1.165) is 12.0 Å². The molecule has 1 aliphatic carbocycles. The predicted molar refractivity (Wildman–Crippen MR) is 58.7 cm³/mol. The highest BCUT2D eigenvalue weighted by Crippen LogP contribution is 2.39. The maximum atomic E-state index is 10.9. The van der Waals surface area contributed by atoms with Gasteiger partial charge in [0.25, 0.3) is 0 Å². The summed E-state index contributed by atoms with van der Waals surface area (Å²) in [6.45, 7) is 0. The minimum absolute atomic E-state index is 0.612. The molecule has 3 rings (SSSR count). The fourth-order valence-corrected chi connectivity index (χ4v) is 1.78. The van der Waals surface area contributed by atoms with Crippen LogP contribution in [0.5, 0.6) is 0 Å². The van der Waals surface area contributed by atoms with E-state index in [4.69, 9.17) is 0 Å². The molecule has 0 amide bonds. The number of aldehydes is 1. The van der Waals surface area contributed by atoms with Crippen molar-refractivity contribution in [2.75, 3.05) is 0 Å². The van der Waals surface area contributed by atoms with E-state index in [9.17, 15) is 4.79 Å². The average Bonchev–Trinajstić information content (AvgIpc) is 3.07. The van der Waals surface area contributed by atoms with Gasteiger partial charge in [-0.3, -0.25) is 9.78 Å². The Kier molecular flexibility index (Phi) is 2.06. The Morgan fingerprint density at radius 1 is 1.38 bits per heavy atom. The van der Waals surface area contributed by atoms with Crippen molar-refractivity contribution < 1.29 is 4.79 Å². The van der Waals surface area contributed by atoms with Crippen LogP contribution in [0, 0.1) is 0 Å². The van der Waals surface area contributed by atoms with Gasteiger partial charge in [0.05, 0.1) is 18.1 Å². The molecule has 0 bridgehead atoms. The van der Waals surface area contributed by atoms with Gasteiger partial charge in [-0.2, -0.15) is 5.10 Å². The molecule has 0 spiro atoms. The lowest BCUT2D eigenvalue weighted by molar-refractivity contribution is 0.112. The van der Waals surface area contributed by atoms with Crippen molar-refractivity contribution in [2.45, 2.75) is 18.8 Å². The zero-order valence-electron chi connectivity index (χ0n) is 8.71. The Hall–Kier alpha value is -1.97. The first-order chi connectivity index (χ1) is 7.88. The smallest absolute Gasteiger partial charge is 0.152 e. The molecule has 2 aromatic rings. The Morgan fingerprint density at radius 2 is 2.25 bits per heavy atom. The molecule has 16 heavy (non-hydrogen) atoms. The highest BCUT2D eigenvalue weighted by molar-refractivity contribution is 5.80. The lowest BCUT2D eigenvalue weighted by Gasteiger charge is -2.02. The average molecular weight is 213 g/mol. The van der Waals surface area contributed by atoms with Crippen molar-refractivity contribution >= 4 is 6.29 Å². The van der Waals surface area contributed by atoms with Crippen LogP contribution in [0.15, 0.2) is 30.9 Å². The first kappa shape index (κ1) is 9.27. The molecule has 2 aromatic heterocycles. The summed E-state index contributed by atoms with van der Waals surface area (Å²) in [7, 11) is 0. The van der Waals surface area contributed by atoms with E-state index in [0.29, 0.717) is 11.5 Å². The normalized spacial score (nSPS) is 15.0. The zero-order valence-corrected chi connectivity index (χ0v) is 8.71. The van der Waals surface area contributed by atoms with Crippen molar-refractivity contribution in [3.63, 3.8) is 0 Å². The number of rotatable bonds is 3. The van der Waals surface area contributed by atoms with E-state index >= 15 is 0 Å². The molecule has 2 heterocycles. The molecule has 80 valence electrons. The van der Waals surface area contributed by atoms with Gasteiger partial charge in [0.1, 0.15) is 0 Å². The third-order valence-electron chi connectivity index (χ3n) is 2.86. The highest BCUT2D eigenvalue weighted by Gasteiger charge is 2.25. The molecule has 1 fully saturated rings. The van der Waals surface area contributed by atoms with Crippen LogP contribution in [0.2, 0.25) is 0 Å². The quantitative estimate of drug-likeness (QED) is 0.732. The molecule has 0 aromatic carbocycles. The number of pyridine rings is 1. The second-order valence-corrected chi connectivity index (χ2v) is 4.04. The van der Waals surface area contributed by atoms with Gasteiger partial charge in [0.2, 0.25) is 0 Å². The minimum Gasteiger partial charge on any atom is -0.298 e. The van der Waals surface area contributed by atoms with Crippen LogP contribution < -0.4 is 0 Å². The number of hydrogen-bond donors (Lipinski definition) is 0. The van der Waals surface area contributed by atoms with Gasteiger partial charge >= 0.3 is 0 Å². The number of aromatic nitrogens is 3. The summed E-state index contributed by atoms with van der Waals surface area (Å²) < 4.78 is 1.73. The maximum absolute atomic E-state index is 10.9. The molecular weight excluding hydrogens is 202 g/mol. The molecular formula is C12H11N3O. The van der Waals surface area contributed by atoms with E-state index in [-0.39, 0.29) is 0 Å². The first-order valence-corrected chi connectivity index (χ1v) is 5.32. The third-order valence-corrected chi connectivity index (χ3v) is 2.86. The van der Waals surface area contributed by atoms with Crippen molar-refractivity contribution in [1.29, 1.82) is 0 Å². The topological polar surface area (TPSA) is 47.8 Å². The fourth-order valence-electron chi connectivity index (χ4n) is 1.78. The van der Waals surface area contributed by atoms with Crippen LogP contribution in [-0.2, 0) is 0 Å². The number of carbonyl (C=O) groups excluding carboxylic acids is 1. The summed E-state index contributed by atoms with van der Waals surface area (Å²) in [6.07, 6.45) is 10.5. The Morgan fingerprint density at radius 3 is 3.00 bits per heavy atom. The van der Waals surface area contributed by atoms with Crippen LogP contribution in [-0.4, -0.2) is 21.1 Å². The molecule has 1 aliphatic rings. The van der Waals surface area contributed by atoms with Crippen LogP contribution in [0.3, 0.4) is 0 Å². The maximum Gasteiger partial charge on any atom is 0.152 e. The molecule has 0 unspecified atom stereocenters. The summed E-state index contributed by atoms with van der Waals surface area (Å²) in [4.78, 5) is 14.9. The molecule has 0 atom stereocenters. The summed E-state index contributed by atoms with van der Waals surface area (Å²) in [6, 6.07) is 1.70. The highest BCUT2D eigenvalue weighted by atomic mass is 16.1. The molecule has 0 saturated heterocycles. The van der Waals surface area contributed by atoms with Crippen molar-refractivity contribution in [3.05, 3.63) is 42.0 Å². The van der Waals surface area contributed by atoms with Crippen LogP contribution in [0.25, 0.3) is 5.69 Å². The fraction of sp³-hybridized carbons (Fsp3) is 0.250. The molecule has 0 N–H and O–H groups in total. The van der Waals surface area contributed by atoms with Gasteiger partial charge < -0.3 is 0 Å². The van der Waals surface area contributed by atoms with E-state index < -0.39 is 0 Å². The number of hydrogen-bond acceptors (Lipinski definition) is 3. The second kappa shape index (κ2) is 3.56. The Bertz CT molecular complexity index is 529. The molecule has 1 saturated carbocycles. The van der Waals surface area contributed by atoms with E-state index in [1.54, 1.807) is 23.1 Å². The third kappa shape index (κ3) is 1.52. The summed E-state index contributed by atoms with van der Waals surface area (Å²) in [5.74, 6) is 0.671. The largest absolute Gasteiger partial charge is 0.298 e. The van der Waals surface area contributed by atoms with Crippen LogP contribution >= 0.6 is 0 Å². The van der Waals surface area contributed by atoms with Crippen LogP contribution in [0.1, 0.15) is 34.7 Å². The first-order valence-electron chi connectivity index (χ1n) is 5.32. The molecule has 4 nitrogen and oxygen atoms in total. The van der Waals surface area contributed by atoms with Gasteiger partial charge in [-0.15, -0.1) is 0 Å². The van der Waals surface area contributed by atoms with Gasteiger partial charge in [-0.1, -0.05) is 0 Å². The molecule has 0 radical (unpaired) electrons.